The van der Waals surface area contributed by atoms with E-state index in [9.17, 15) is 0 Å². The molecule has 0 fully saturated rings. The maximum atomic E-state index is 5.26. The second-order valence-corrected chi connectivity index (χ2v) is 5.18. The first kappa shape index (κ1) is 10.8. The highest BCUT2D eigenvalue weighted by molar-refractivity contribution is 8.00. The first-order chi connectivity index (χ1) is 7.26. The summed E-state index contributed by atoms with van der Waals surface area (Å²) in [6.07, 6.45) is 0. The fourth-order valence-electron chi connectivity index (χ4n) is 2.02. The zero-order chi connectivity index (χ0) is 10.8. The molecule has 0 aliphatic carbocycles. The largest absolute Gasteiger partial charge is 0.497 e. The van der Waals surface area contributed by atoms with E-state index in [4.69, 9.17) is 4.74 Å². The van der Waals surface area contributed by atoms with Gasteiger partial charge in [0.2, 0.25) is 0 Å². The molecule has 15 heavy (non-hydrogen) atoms. The molecule has 1 aromatic carbocycles. The van der Waals surface area contributed by atoms with Crippen molar-refractivity contribution in [2.75, 3.05) is 13.7 Å². The Bertz CT molecular complexity index is 353. The summed E-state index contributed by atoms with van der Waals surface area (Å²) in [6.45, 7) is 5.42. The Morgan fingerprint density at radius 1 is 1.47 bits per heavy atom. The molecule has 0 radical (unpaired) electrons. The maximum absolute atomic E-state index is 5.26. The molecule has 1 heterocycles. The molecule has 0 saturated heterocycles. The van der Waals surface area contributed by atoms with Crippen LogP contribution >= 0.6 is 11.8 Å². The Labute approximate surface area is 95.4 Å². The van der Waals surface area contributed by atoms with Crippen molar-refractivity contribution in [3.8, 4) is 5.75 Å². The van der Waals surface area contributed by atoms with Crippen LogP contribution in [0.1, 0.15) is 25.5 Å². The number of nitrogens with one attached hydrogen (secondary N) is 1. The van der Waals surface area contributed by atoms with Crippen LogP contribution in [0.3, 0.4) is 0 Å². The molecule has 1 aliphatic heterocycles. The number of methoxy groups -OCH3 is 1. The molecular formula is C12H17NOS. The lowest BCUT2D eigenvalue weighted by molar-refractivity contribution is 0.412. The van der Waals surface area contributed by atoms with Gasteiger partial charge in [-0.15, -0.1) is 11.8 Å². The monoisotopic (exact) mass is 223 g/mol. The summed E-state index contributed by atoms with van der Waals surface area (Å²) in [5.41, 5.74) is 1.38. The quantitative estimate of drug-likeness (QED) is 0.851. The Morgan fingerprint density at radius 3 is 2.93 bits per heavy atom. The van der Waals surface area contributed by atoms with E-state index in [0.717, 1.165) is 12.3 Å². The second kappa shape index (κ2) is 4.45. The van der Waals surface area contributed by atoms with E-state index in [-0.39, 0.29) is 0 Å². The minimum atomic E-state index is 0.463. The van der Waals surface area contributed by atoms with Gasteiger partial charge in [0.15, 0.2) is 0 Å². The minimum Gasteiger partial charge on any atom is -0.497 e. The summed E-state index contributed by atoms with van der Waals surface area (Å²) in [7, 11) is 1.72. The van der Waals surface area contributed by atoms with Gasteiger partial charge in [0.05, 0.1) is 7.11 Å². The summed E-state index contributed by atoms with van der Waals surface area (Å²) < 4.78 is 5.26. The number of benzene rings is 1. The number of rotatable bonds is 3. The summed E-state index contributed by atoms with van der Waals surface area (Å²) in [4.78, 5) is 1.38. The zero-order valence-electron chi connectivity index (χ0n) is 9.41. The lowest BCUT2D eigenvalue weighted by Crippen LogP contribution is -2.25. The summed E-state index contributed by atoms with van der Waals surface area (Å²) >= 11 is 1.94. The number of hydrogen-bond acceptors (Lipinski definition) is 3. The summed E-state index contributed by atoms with van der Waals surface area (Å²) in [5.74, 6) is 0.950. The molecule has 0 saturated carbocycles. The van der Waals surface area contributed by atoms with Gasteiger partial charge in [-0.2, -0.15) is 0 Å². The van der Waals surface area contributed by atoms with Crippen LogP contribution in [0.25, 0.3) is 0 Å². The topological polar surface area (TPSA) is 21.3 Å². The maximum Gasteiger partial charge on any atom is 0.119 e. The van der Waals surface area contributed by atoms with Gasteiger partial charge in [-0.05, 0) is 30.3 Å². The summed E-state index contributed by atoms with van der Waals surface area (Å²) in [5, 5.41) is 4.13. The Morgan fingerprint density at radius 2 is 2.27 bits per heavy atom. The van der Waals surface area contributed by atoms with Crippen LogP contribution < -0.4 is 10.1 Å². The predicted octanol–water partition coefficient (Wildman–Crippen LogP) is 2.84. The smallest absolute Gasteiger partial charge is 0.119 e. The third-order valence-electron chi connectivity index (χ3n) is 2.76. The SMILES string of the molecule is CCNC1c2cc(OC)ccc2SC1C. The van der Waals surface area contributed by atoms with Gasteiger partial charge < -0.3 is 10.1 Å². The standard InChI is InChI=1S/C12H17NOS/c1-4-13-12-8(2)15-11-6-5-9(14-3)7-10(11)12/h5-8,12-13H,4H2,1-3H3. The van der Waals surface area contributed by atoms with Gasteiger partial charge in [-0.1, -0.05) is 13.8 Å². The van der Waals surface area contributed by atoms with E-state index in [1.807, 2.05) is 17.8 Å². The van der Waals surface area contributed by atoms with Crippen LogP contribution in [-0.4, -0.2) is 18.9 Å². The lowest BCUT2D eigenvalue weighted by Gasteiger charge is -2.16. The van der Waals surface area contributed by atoms with Gasteiger partial charge in [-0.25, -0.2) is 0 Å². The summed E-state index contributed by atoms with van der Waals surface area (Å²) in [6, 6.07) is 6.81. The van der Waals surface area contributed by atoms with Crippen molar-refractivity contribution < 1.29 is 4.74 Å². The average molecular weight is 223 g/mol. The van der Waals surface area contributed by atoms with Gasteiger partial charge in [0.1, 0.15) is 5.75 Å². The van der Waals surface area contributed by atoms with E-state index in [0.29, 0.717) is 11.3 Å². The second-order valence-electron chi connectivity index (χ2n) is 3.76. The van der Waals surface area contributed by atoms with Gasteiger partial charge in [0.25, 0.3) is 0 Å². The van der Waals surface area contributed by atoms with E-state index < -0.39 is 0 Å². The Hall–Kier alpha value is -0.670. The number of fused-ring (bicyclic) bond motifs is 1. The van der Waals surface area contributed by atoms with Crippen molar-refractivity contribution in [3.05, 3.63) is 23.8 Å². The van der Waals surface area contributed by atoms with E-state index in [2.05, 4.69) is 31.3 Å². The molecule has 0 aromatic heterocycles. The molecule has 3 heteroatoms. The molecule has 2 atom stereocenters. The lowest BCUT2D eigenvalue weighted by atomic mass is 10.0. The van der Waals surface area contributed by atoms with Crippen molar-refractivity contribution in [2.24, 2.45) is 0 Å². The van der Waals surface area contributed by atoms with Crippen molar-refractivity contribution in [2.45, 2.75) is 30.0 Å². The Balaban J connectivity index is 2.32. The molecule has 2 rings (SSSR count). The van der Waals surface area contributed by atoms with E-state index in [1.54, 1.807) is 7.11 Å². The molecule has 2 unspecified atom stereocenters. The zero-order valence-corrected chi connectivity index (χ0v) is 10.2. The Kier molecular flexibility index (Phi) is 3.22. The molecule has 1 aliphatic rings. The fourth-order valence-corrected chi connectivity index (χ4v) is 3.27. The number of thioether (sulfide) groups is 1. The van der Waals surface area contributed by atoms with Crippen molar-refractivity contribution >= 4 is 11.8 Å². The molecule has 0 bridgehead atoms. The van der Waals surface area contributed by atoms with Crippen LogP contribution in [0, 0.1) is 0 Å². The first-order valence-corrected chi connectivity index (χ1v) is 6.22. The predicted molar refractivity (Wildman–Crippen MR) is 64.7 cm³/mol. The first-order valence-electron chi connectivity index (χ1n) is 5.34. The molecule has 0 amide bonds. The van der Waals surface area contributed by atoms with Crippen molar-refractivity contribution in [1.29, 1.82) is 0 Å². The van der Waals surface area contributed by atoms with Crippen molar-refractivity contribution in [1.82, 2.24) is 5.32 Å². The van der Waals surface area contributed by atoms with Gasteiger partial charge in [-0.3, -0.25) is 0 Å². The molecule has 2 nitrogen and oxygen atoms in total. The number of ether oxygens (including phenoxy) is 1. The van der Waals surface area contributed by atoms with Gasteiger partial charge >= 0.3 is 0 Å². The average Bonchev–Trinajstić information content (AvgIpc) is 2.55. The van der Waals surface area contributed by atoms with Crippen LogP contribution in [0.5, 0.6) is 5.75 Å². The fraction of sp³-hybridized carbons (Fsp3) is 0.500. The normalized spacial score (nSPS) is 23.9. The van der Waals surface area contributed by atoms with Crippen molar-refractivity contribution in [3.63, 3.8) is 0 Å². The van der Waals surface area contributed by atoms with Crippen LogP contribution in [0.2, 0.25) is 0 Å². The third kappa shape index (κ3) is 1.99. The van der Waals surface area contributed by atoms with Crippen LogP contribution in [0.4, 0.5) is 0 Å². The third-order valence-corrected chi connectivity index (χ3v) is 4.03. The molecular weight excluding hydrogens is 206 g/mol. The molecule has 82 valence electrons. The van der Waals surface area contributed by atoms with Crippen LogP contribution in [0.15, 0.2) is 23.1 Å². The molecule has 1 aromatic rings. The molecule has 0 spiro atoms. The minimum absolute atomic E-state index is 0.463. The molecule has 1 N–H and O–H groups in total. The highest BCUT2D eigenvalue weighted by Gasteiger charge is 2.29. The number of hydrogen-bond donors (Lipinski definition) is 1. The van der Waals surface area contributed by atoms with Gasteiger partial charge in [0, 0.05) is 16.2 Å². The van der Waals surface area contributed by atoms with E-state index >= 15 is 0 Å². The van der Waals surface area contributed by atoms with Crippen LogP contribution in [-0.2, 0) is 0 Å². The highest BCUT2D eigenvalue weighted by atomic mass is 32.2. The van der Waals surface area contributed by atoms with E-state index in [1.165, 1.54) is 10.5 Å². The highest BCUT2D eigenvalue weighted by Crippen LogP contribution is 2.44.